The van der Waals surface area contributed by atoms with E-state index in [2.05, 4.69) is 6.92 Å². The first-order valence-electron chi connectivity index (χ1n) is 7.58. The number of aliphatic hydroxyl groups excluding tert-OH is 1. The molecule has 0 aliphatic rings. The summed E-state index contributed by atoms with van der Waals surface area (Å²) in [7, 11) is 0. The van der Waals surface area contributed by atoms with Gasteiger partial charge < -0.3 is 15.3 Å². The first-order chi connectivity index (χ1) is 9.47. The Balaban J connectivity index is 3.92. The summed E-state index contributed by atoms with van der Waals surface area (Å²) in [5.74, 6) is -1.97. The fourth-order valence-corrected chi connectivity index (χ4v) is 2.28. The summed E-state index contributed by atoms with van der Waals surface area (Å²) < 4.78 is 0. The highest BCUT2D eigenvalue weighted by atomic mass is 16.5. The van der Waals surface area contributed by atoms with Gasteiger partial charge in [-0.15, -0.1) is 0 Å². The highest BCUT2D eigenvalue weighted by Crippen LogP contribution is 2.18. The fourth-order valence-electron chi connectivity index (χ4n) is 2.28. The standard InChI is InChI=1S/C15H28O5/c1-2-3-4-5-6-7-8-9-12(10-14(17)18)13(16)11-15(19)20/h12,15,19-20H,2-11H2,1H3,(H,17,18). The highest BCUT2D eigenvalue weighted by Gasteiger charge is 2.22. The number of aliphatic carboxylic acids is 1. The van der Waals surface area contributed by atoms with Crippen molar-refractivity contribution in [1.82, 2.24) is 0 Å². The molecule has 1 atom stereocenters. The molecule has 118 valence electrons. The Hall–Kier alpha value is -0.940. The van der Waals surface area contributed by atoms with Crippen LogP contribution in [0.15, 0.2) is 0 Å². The molecule has 5 nitrogen and oxygen atoms in total. The van der Waals surface area contributed by atoms with E-state index >= 15 is 0 Å². The molecule has 0 heterocycles. The maximum absolute atomic E-state index is 11.7. The number of aliphatic hydroxyl groups is 2. The van der Waals surface area contributed by atoms with Crippen molar-refractivity contribution in [2.24, 2.45) is 5.92 Å². The van der Waals surface area contributed by atoms with Gasteiger partial charge >= 0.3 is 5.97 Å². The normalized spacial score (nSPS) is 12.6. The number of Topliss-reactive ketones (excluding diaryl/α,β-unsaturated/α-hetero) is 1. The van der Waals surface area contributed by atoms with Gasteiger partial charge in [-0.1, -0.05) is 51.9 Å². The summed E-state index contributed by atoms with van der Waals surface area (Å²) in [4.78, 5) is 22.4. The lowest BCUT2D eigenvalue weighted by atomic mass is 9.91. The quantitative estimate of drug-likeness (QED) is 0.357. The molecule has 0 aromatic rings. The topological polar surface area (TPSA) is 94.8 Å². The molecule has 0 saturated carbocycles. The largest absolute Gasteiger partial charge is 0.481 e. The van der Waals surface area contributed by atoms with Gasteiger partial charge in [0, 0.05) is 5.92 Å². The van der Waals surface area contributed by atoms with Gasteiger partial charge in [0.15, 0.2) is 6.29 Å². The minimum atomic E-state index is -1.69. The van der Waals surface area contributed by atoms with Crippen LogP contribution in [0.2, 0.25) is 0 Å². The third kappa shape index (κ3) is 10.9. The predicted molar refractivity (Wildman–Crippen MR) is 76.2 cm³/mol. The molecule has 0 amide bonds. The molecule has 0 fully saturated rings. The number of carbonyl (C=O) groups excluding carboxylic acids is 1. The van der Waals surface area contributed by atoms with E-state index < -0.39 is 18.2 Å². The summed E-state index contributed by atoms with van der Waals surface area (Å²) in [5.41, 5.74) is 0. The van der Waals surface area contributed by atoms with Crippen molar-refractivity contribution in [2.75, 3.05) is 0 Å². The van der Waals surface area contributed by atoms with Crippen LogP contribution in [-0.2, 0) is 9.59 Å². The number of ketones is 1. The third-order valence-electron chi connectivity index (χ3n) is 3.42. The molecule has 1 unspecified atom stereocenters. The molecule has 0 radical (unpaired) electrons. The zero-order valence-electron chi connectivity index (χ0n) is 12.4. The summed E-state index contributed by atoms with van der Waals surface area (Å²) in [6.45, 7) is 2.16. The van der Waals surface area contributed by atoms with E-state index in [4.69, 9.17) is 15.3 Å². The van der Waals surface area contributed by atoms with Crippen LogP contribution in [0.25, 0.3) is 0 Å². The molecular formula is C15H28O5. The number of carboxylic acid groups (broad SMARTS) is 1. The second-order valence-corrected chi connectivity index (χ2v) is 5.36. The van der Waals surface area contributed by atoms with E-state index in [0.717, 1.165) is 19.3 Å². The van der Waals surface area contributed by atoms with Crippen molar-refractivity contribution in [3.8, 4) is 0 Å². The summed E-state index contributed by atoms with van der Waals surface area (Å²) in [6, 6.07) is 0. The average molecular weight is 288 g/mol. The lowest BCUT2D eigenvalue weighted by molar-refractivity contribution is -0.143. The minimum Gasteiger partial charge on any atom is -0.481 e. The Kier molecular flexibility index (Phi) is 11.3. The predicted octanol–water partition coefficient (Wildman–Crippen LogP) is 2.49. The molecule has 0 aromatic carbocycles. The third-order valence-corrected chi connectivity index (χ3v) is 3.42. The van der Waals surface area contributed by atoms with Crippen LogP contribution in [0.1, 0.15) is 71.1 Å². The molecular weight excluding hydrogens is 260 g/mol. The van der Waals surface area contributed by atoms with Crippen LogP contribution in [0, 0.1) is 5.92 Å². The Morgan fingerprint density at radius 1 is 0.900 bits per heavy atom. The van der Waals surface area contributed by atoms with Crippen molar-refractivity contribution in [3.05, 3.63) is 0 Å². The van der Waals surface area contributed by atoms with Gasteiger partial charge in [-0.3, -0.25) is 9.59 Å². The number of hydrogen-bond acceptors (Lipinski definition) is 4. The van der Waals surface area contributed by atoms with Crippen molar-refractivity contribution in [2.45, 2.75) is 77.4 Å². The molecule has 0 aromatic heterocycles. The first kappa shape index (κ1) is 19.1. The van der Waals surface area contributed by atoms with Crippen molar-refractivity contribution in [3.63, 3.8) is 0 Å². The monoisotopic (exact) mass is 288 g/mol. The molecule has 0 aliphatic carbocycles. The molecule has 0 spiro atoms. The second kappa shape index (κ2) is 11.9. The zero-order valence-corrected chi connectivity index (χ0v) is 12.4. The van der Waals surface area contributed by atoms with Crippen LogP contribution in [0.4, 0.5) is 0 Å². The Labute approximate surface area is 121 Å². The van der Waals surface area contributed by atoms with E-state index in [-0.39, 0.29) is 18.6 Å². The number of rotatable bonds is 13. The van der Waals surface area contributed by atoms with Gasteiger partial charge in [-0.2, -0.15) is 0 Å². The van der Waals surface area contributed by atoms with Gasteiger partial charge in [0.1, 0.15) is 5.78 Å². The van der Waals surface area contributed by atoms with Crippen molar-refractivity contribution in [1.29, 1.82) is 0 Å². The first-order valence-corrected chi connectivity index (χ1v) is 7.58. The molecule has 0 rings (SSSR count). The van der Waals surface area contributed by atoms with E-state index in [1.165, 1.54) is 25.7 Å². The van der Waals surface area contributed by atoms with Gasteiger partial charge in [0.25, 0.3) is 0 Å². The van der Waals surface area contributed by atoms with E-state index in [1.54, 1.807) is 0 Å². The summed E-state index contributed by atoms with van der Waals surface area (Å²) in [6.07, 6.45) is 6.01. The Bertz CT molecular complexity index is 275. The minimum absolute atomic E-state index is 0.221. The number of carboxylic acids is 1. The fraction of sp³-hybridized carbons (Fsp3) is 0.867. The lowest BCUT2D eigenvalue weighted by Gasteiger charge is -2.14. The van der Waals surface area contributed by atoms with E-state index in [1.807, 2.05) is 0 Å². The van der Waals surface area contributed by atoms with E-state index in [9.17, 15) is 9.59 Å². The molecule has 0 bridgehead atoms. The second-order valence-electron chi connectivity index (χ2n) is 5.36. The number of carbonyl (C=O) groups is 2. The molecule has 3 N–H and O–H groups in total. The SMILES string of the molecule is CCCCCCCCCC(CC(=O)O)C(=O)CC(O)O. The molecule has 0 aliphatic heterocycles. The molecule has 5 heteroatoms. The van der Waals surface area contributed by atoms with Crippen LogP contribution in [0.5, 0.6) is 0 Å². The van der Waals surface area contributed by atoms with Crippen molar-refractivity contribution < 1.29 is 24.9 Å². The van der Waals surface area contributed by atoms with Gasteiger partial charge in [0.05, 0.1) is 12.8 Å². The van der Waals surface area contributed by atoms with Gasteiger partial charge in [0.2, 0.25) is 0 Å². The Morgan fingerprint density at radius 2 is 1.45 bits per heavy atom. The number of unbranched alkanes of at least 4 members (excludes halogenated alkanes) is 6. The van der Waals surface area contributed by atoms with Crippen LogP contribution >= 0.6 is 0 Å². The molecule has 20 heavy (non-hydrogen) atoms. The van der Waals surface area contributed by atoms with Crippen molar-refractivity contribution >= 4 is 11.8 Å². The van der Waals surface area contributed by atoms with E-state index in [0.29, 0.717) is 6.42 Å². The van der Waals surface area contributed by atoms with Crippen LogP contribution < -0.4 is 0 Å². The van der Waals surface area contributed by atoms with Gasteiger partial charge in [-0.25, -0.2) is 0 Å². The maximum Gasteiger partial charge on any atom is 0.304 e. The Morgan fingerprint density at radius 3 is 1.95 bits per heavy atom. The molecule has 0 saturated heterocycles. The summed E-state index contributed by atoms with van der Waals surface area (Å²) >= 11 is 0. The smallest absolute Gasteiger partial charge is 0.304 e. The van der Waals surface area contributed by atoms with Crippen LogP contribution in [-0.4, -0.2) is 33.4 Å². The summed E-state index contributed by atoms with van der Waals surface area (Å²) in [5, 5.41) is 26.4. The maximum atomic E-state index is 11.7. The van der Waals surface area contributed by atoms with Gasteiger partial charge in [-0.05, 0) is 6.42 Å². The van der Waals surface area contributed by atoms with Crippen LogP contribution in [0.3, 0.4) is 0 Å². The average Bonchev–Trinajstić information content (AvgIpc) is 2.35. The zero-order chi connectivity index (χ0) is 15.4. The highest BCUT2D eigenvalue weighted by molar-refractivity contribution is 5.85. The number of hydrogen-bond donors (Lipinski definition) is 3. The lowest BCUT2D eigenvalue weighted by Crippen LogP contribution is -2.23.